The normalized spacial score (nSPS) is 14.2. The number of carbonyl (C=O) groups excluding carboxylic acids is 1. The molecule has 0 bridgehead atoms. The topological polar surface area (TPSA) is 85.4 Å². The fraction of sp³-hybridized carbons (Fsp3) is 0.421. The molecular formula is C19H26N6O. The van der Waals surface area contributed by atoms with E-state index in [0.29, 0.717) is 18.5 Å². The van der Waals surface area contributed by atoms with Crippen LogP contribution in [0.25, 0.3) is 11.3 Å². The van der Waals surface area contributed by atoms with Crippen molar-refractivity contribution in [2.24, 2.45) is 4.99 Å². The van der Waals surface area contributed by atoms with E-state index >= 15 is 0 Å². The highest BCUT2D eigenvalue weighted by Gasteiger charge is 2.23. The maximum atomic E-state index is 11.9. The van der Waals surface area contributed by atoms with Crippen LogP contribution in [-0.4, -0.2) is 52.9 Å². The average molecular weight is 354 g/mol. The van der Waals surface area contributed by atoms with Gasteiger partial charge in [-0.3, -0.25) is 4.79 Å². The molecule has 0 aliphatic heterocycles. The number of rotatable bonds is 7. The smallest absolute Gasteiger partial charge is 0.242 e. The molecule has 1 fully saturated rings. The van der Waals surface area contributed by atoms with Crippen molar-refractivity contribution in [3.63, 3.8) is 0 Å². The minimum absolute atomic E-state index is 0.0272. The van der Waals surface area contributed by atoms with Gasteiger partial charge in [0.25, 0.3) is 0 Å². The van der Waals surface area contributed by atoms with Gasteiger partial charge in [-0.25, -0.2) is 9.98 Å². The van der Waals surface area contributed by atoms with E-state index in [2.05, 4.69) is 25.6 Å². The number of hydrogen-bond donors (Lipinski definition) is 3. The Labute approximate surface area is 153 Å². The van der Waals surface area contributed by atoms with Crippen molar-refractivity contribution >= 4 is 11.9 Å². The molecule has 1 heterocycles. The second-order valence-corrected chi connectivity index (χ2v) is 6.48. The molecular weight excluding hydrogens is 328 g/mol. The van der Waals surface area contributed by atoms with E-state index in [1.165, 1.54) is 0 Å². The van der Waals surface area contributed by atoms with Gasteiger partial charge < -0.3 is 20.5 Å². The van der Waals surface area contributed by atoms with Crippen LogP contribution < -0.4 is 10.6 Å². The molecule has 2 aromatic rings. The first-order valence-electron chi connectivity index (χ1n) is 9.04. The van der Waals surface area contributed by atoms with Crippen LogP contribution in [0, 0.1) is 0 Å². The summed E-state index contributed by atoms with van der Waals surface area (Å²) in [6.07, 6.45) is 4.00. The zero-order chi connectivity index (χ0) is 18.4. The van der Waals surface area contributed by atoms with Crippen LogP contribution in [0.3, 0.4) is 0 Å². The molecule has 0 spiro atoms. The first kappa shape index (κ1) is 18.0. The number of aromatic amines is 1. The quantitative estimate of drug-likeness (QED) is 0.522. The van der Waals surface area contributed by atoms with E-state index in [9.17, 15) is 4.79 Å². The first-order chi connectivity index (χ1) is 12.7. The van der Waals surface area contributed by atoms with Gasteiger partial charge >= 0.3 is 0 Å². The standard InChI is InChI=1S/C19H26N6O/c1-3-20-19(22-12-18(26)23-15-9-10-15)25(2)13-17-21-11-16(24-17)14-7-5-4-6-8-14/h4-8,11,15H,3,9-10,12-13H2,1-2H3,(H,20,22)(H,21,24)(H,23,26). The summed E-state index contributed by atoms with van der Waals surface area (Å²) in [6, 6.07) is 10.5. The van der Waals surface area contributed by atoms with Gasteiger partial charge in [-0.2, -0.15) is 0 Å². The molecule has 3 rings (SSSR count). The molecule has 7 heteroatoms. The fourth-order valence-electron chi connectivity index (χ4n) is 2.62. The molecule has 0 unspecified atom stereocenters. The van der Waals surface area contributed by atoms with Crippen molar-refractivity contribution in [2.75, 3.05) is 20.1 Å². The molecule has 1 saturated carbocycles. The highest BCUT2D eigenvalue weighted by molar-refractivity contribution is 5.85. The molecule has 7 nitrogen and oxygen atoms in total. The molecule has 0 radical (unpaired) electrons. The third-order valence-electron chi connectivity index (χ3n) is 4.11. The molecule has 1 aliphatic carbocycles. The van der Waals surface area contributed by atoms with E-state index < -0.39 is 0 Å². The Balaban J connectivity index is 1.61. The number of nitrogens with one attached hydrogen (secondary N) is 3. The van der Waals surface area contributed by atoms with Gasteiger partial charge in [0.2, 0.25) is 5.91 Å². The number of aliphatic imine (C=N–C) groups is 1. The molecule has 26 heavy (non-hydrogen) atoms. The summed E-state index contributed by atoms with van der Waals surface area (Å²) in [5, 5.41) is 6.17. The summed E-state index contributed by atoms with van der Waals surface area (Å²) in [6.45, 7) is 3.45. The van der Waals surface area contributed by atoms with E-state index in [1.54, 1.807) is 0 Å². The van der Waals surface area contributed by atoms with E-state index in [1.807, 2.05) is 55.4 Å². The number of benzene rings is 1. The van der Waals surface area contributed by atoms with Crippen LogP contribution in [0.1, 0.15) is 25.6 Å². The summed E-state index contributed by atoms with van der Waals surface area (Å²) in [5.74, 6) is 1.51. The van der Waals surface area contributed by atoms with Crippen LogP contribution in [0.15, 0.2) is 41.5 Å². The van der Waals surface area contributed by atoms with Crippen molar-refractivity contribution in [1.29, 1.82) is 0 Å². The maximum absolute atomic E-state index is 11.9. The van der Waals surface area contributed by atoms with Crippen LogP contribution >= 0.6 is 0 Å². The molecule has 0 atom stereocenters. The number of H-pyrrole nitrogens is 1. The van der Waals surface area contributed by atoms with Crippen molar-refractivity contribution < 1.29 is 4.79 Å². The van der Waals surface area contributed by atoms with Gasteiger partial charge in [0.15, 0.2) is 5.96 Å². The minimum Gasteiger partial charge on any atom is -0.357 e. The average Bonchev–Trinajstić information content (AvgIpc) is 3.34. The van der Waals surface area contributed by atoms with Crippen LogP contribution in [0.2, 0.25) is 0 Å². The minimum atomic E-state index is -0.0272. The Bertz CT molecular complexity index is 750. The Morgan fingerprint density at radius 2 is 2.12 bits per heavy atom. The molecule has 3 N–H and O–H groups in total. The lowest BCUT2D eigenvalue weighted by Crippen LogP contribution is -2.39. The van der Waals surface area contributed by atoms with E-state index in [4.69, 9.17) is 0 Å². The Morgan fingerprint density at radius 3 is 2.81 bits per heavy atom. The van der Waals surface area contributed by atoms with Crippen molar-refractivity contribution in [3.8, 4) is 11.3 Å². The van der Waals surface area contributed by atoms with Crippen LogP contribution in [0.4, 0.5) is 0 Å². The molecule has 1 amide bonds. The predicted molar refractivity (Wildman–Crippen MR) is 103 cm³/mol. The predicted octanol–water partition coefficient (Wildman–Crippen LogP) is 1.75. The van der Waals surface area contributed by atoms with Crippen molar-refractivity contribution in [3.05, 3.63) is 42.4 Å². The molecule has 138 valence electrons. The summed E-state index contributed by atoms with van der Waals surface area (Å²) in [5.41, 5.74) is 2.09. The number of hydrogen-bond acceptors (Lipinski definition) is 3. The molecule has 1 aromatic carbocycles. The number of imidazole rings is 1. The summed E-state index contributed by atoms with van der Waals surface area (Å²) >= 11 is 0. The zero-order valence-electron chi connectivity index (χ0n) is 15.3. The first-order valence-corrected chi connectivity index (χ1v) is 9.04. The van der Waals surface area contributed by atoms with E-state index in [0.717, 1.165) is 36.5 Å². The fourth-order valence-corrected chi connectivity index (χ4v) is 2.62. The van der Waals surface area contributed by atoms with Gasteiger partial charge in [-0.05, 0) is 25.3 Å². The molecule has 0 saturated heterocycles. The zero-order valence-corrected chi connectivity index (χ0v) is 15.3. The summed E-state index contributed by atoms with van der Waals surface area (Å²) in [4.78, 5) is 26.1. The Hall–Kier alpha value is -2.83. The lowest BCUT2D eigenvalue weighted by atomic mass is 10.2. The van der Waals surface area contributed by atoms with Crippen LogP contribution in [-0.2, 0) is 11.3 Å². The number of carbonyl (C=O) groups is 1. The highest BCUT2D eigenvalue weighted by Crippen LogP contribution is 2.18. The second kappa shape index (κ2) is 8.51. The SMILES string of the molecule is CCNC(=NCC(=O)NC1CC1)N(C)Cc1ncc(-c2ccccc2)[nH]1. The third-order valence-corrected chi connectivity index (χ3v) is 4.11. The lowest BCUT2D eigenvalue weighted by Gasteiger charge is -2.21. The number of aromatic nitrogens is 2. The maximum Gasteiger partial charge on any atom is 0.242 e. The van der Waals surface area contributed by atoms with Crippen molar-refractivity contribution in [2.45, 2.75) is 32.4 Å². The monoisotopic (exact) mass is 354 g/mol. The van der Waals surface area contributed by atoms with Gasteiger partial charge in [0, 0.05) is 19.6 Å². The van der Waals surface area contributed by atoms with Gasteiger partial charge in [-0.15, -0.1) is 0 Å². The summed E-state index contributed by atoms with van der Waals surface area (Å²) < 4.78 is 0. The van der Waals surface area contributed by atoms with Gasteiger partial charge in [-0.1, -0.05) is 30.3 Å². The number of amides is 1. The van der Waals surface area contributed by atoms with E-state index in [-0.39, 0.29) is 12.5 Å². The van der Waals surface area contributed by atoms with Crippen molar-refractivity contribution in [1.82, 2.24) is 25.5 Å². The van der Waals surface area contributed by atoms with Crippen LogP contribution in [0.5, 0.6) is 0 Å². The number of nitrogens with zero attached hydrogens (tertiary/aromatic N) is 3. The Morgan fingerprint density at radius 1 is 1.35 bits per heavy atom. The molecule has 1 aromatic heterocycles. The third kappa shape index (κ3) is 5.08. The summed E-state index contributed by atoms with van der Waals surface area (Å²) in [7, 11) is 1.94. The second-order valence-electron chi connectivity index (χ2n) is 6.48. The van der Waals surface area contributed by atoms with Gasteiger partial charge in [0.05, 0.1) is 18.4 Å². The van der Waals surface area contributed by atoms with Gasteiger partial charge in [0.1, 0.15) is 12.4 Å². The largest absolute Gasteiger partial charge is 0.357 e. The lowest BCUT2D eigenvalue weighted by molar-refractivity contribution is -0.119. The Kier molecular flexibility index (Phi) is 5.88. The number of guanidine groups is 1. The highest BCUT2D eigenvalue weighted by atomic mass is 16.2. The molecule has 1 aliphatic rings.